The van der Waals surface area contributed by atoms with E-state index in [9.17, 15) is 9.00 Å². The van der Waals surface area contributed by atoms with Crippen molar-refractivity contribution in [1.82, 2.24) is 0 Å². The molecule has 0 aliphatic carbocycles. The maximum atomic E-state index is 11.4. The molecule has 2 nitrogen and oxygen atoms in total. The number of Topliss-reactive ketones (excluding diaryl/α,β-unsaturated/α-hetero) is 1. The van der Waals surface area contributed by atoms with Gasteiger partial charge in [0.2, 0.25) is 0 Å². The Morgan fingerprint density at radius 3 is 2.64 bits per heavy atom. The molecule has 0 saturated heterocycles. The van der Waals surface area contributed by atoms with E-state index in [0.29, 0.717) is 10.8 Å². The number of rotatable bonds is 4. The Morgan fingerprint density at radius 1 is 1.43 bits per heavy atom. The summed E-state index contributed by atoms with van der Waals surface area (Å²) >= 11 is 5.89. The van der Waals surface area contributed by atoms with Gasteiger partial charge in [-0.05, 0) is 18.6 Å². The van der Waals surface area contributed by atoms with Crippen molar-refractivity contribution in [2.75, 3.05) is 5.75 Å². The van der Waals surface area contributed by atoms with Gasteiger partial charge in [0.25, 0.3) is 0 Å². The first-order valence-corrected chi connectivity index (χ1v) is 6.04. The Balaban J connectivity index is 2.65. The van der Waals surface area contributed by atoms with E-state index >= 15 is 0 Å². The molecule has 0 aliphatic heterocycles. The second-order valence-corrected chi connectivity index (χ2v) is 4.89. The standard InChI is InChI=1S/C10H11ClO2S/c1-8(12)6-14(13)7-9-4-2-3-5-10(9)11/h2-5H,6-7H2,1H3. The fourth-order valence-corrected chi connectivity index (χ4v) is 2.50. The molecule has 0 spiro atoms. The van der Waals surface area contributed by atoms with Crippen molar-refractivity contribution in [2.45, 2.75) is 12.7 Å². The quantitative estimate of drug-likeness (QED) is 0.795. The van der Waals surface area contributed by atoms with E-state index in [2.05, 4.69) is 0 Å². The molecule has 1 aromatic rings. The van der Waals surface area contributed by atoms with Gasteiger partial charge in [0.05, 0.1) is 11.5 Å². The summed E-state index contributed by atoms with van der Waals surface area (Å²) in [5.41, 5.74) is 0.828. The first-order chi connectivity index (χ1) is 6.59. The largest absolute Gasteiger partial charge is 0.299 e. The molecular formula is C10H11ClO2S. The summed E-state index contributed by atoms with van der Waals surface area (Å²) in [6.45, 7) is 1.44. The topological polar surface area (TPSA) is 34.1 Å². The van der Waals surface area contributed by atoms with E-state index in [0.717, 1.165) is 5.56 Å². The van der Waals surface area contributed by atoms with Crippen LogP contribution in [0.15, 0.2) is 24.3 Å². The molecule has 76 valence electrons. The molecule has 0 saturated carbocycles. The first kappa shape index (κ1) is 11.4. The number of carbonyl (C=O) groups is 1. The lowest BCUT2D eigenvalue weighted by molar-refractivity contribution is -0.114. The van der Waals surface area contributed by atoms with Gasteiger partial charge in [0, 0.05) is 15.8 Å². The zero-order valence-corrected chi connectivity index (χ0v) is 9.40. The summed E-state index contributed by atoms with van der Waals surface area (Å²) in [6.07, 6.45) is 0. The molecule has 0 N–H and O–H groups in total. The van der Waals surface area contributed by atoms with Gasteiger partial charge in [0.1, 0.15) is 5.78 Å². The molecule has 1 aromatic carbocycles. The van der Waals surface area contributed by atoms with Gasteiger partial charge < -0.3 is 0 Å². The molecule has 0 amide bonds. The van der Waals surface area contributed by atoms with Gasteiger partial charge in [0.15, 0.2) is 0 Å². The van der Waals surface area contributed by atoms with Crippen molar-refractivity contribution in [3.63, 3.8) is 0 Å². The van der Waals surface area contributed by atoms with Crippen LogP contribution in [0, 0.1) is 0 Å². The molecule has 0 aliphatic rings. The smallest absolute Gasteiger partial charge is 0.142 e. The number of hydrogen-bond donors (Lipinski definition) is 0. The predicted octanol–water partition coefficient (Wildman–Crippen LogP) is 2.18. The van der Waals surface area contributed by atoms with Crippen LogP contribution in [-0.4, -0.2) is 15.7 Å². The Bertz CT molecular complexity index is 363. The van der Waals surface area contributed by atoms with E-state index in [-0.39, 0.29) is 11.5 Å². The fourth-order valence-electron chi connectivity index (χ4n) is 1.07. The molecular weight excluding hydrogens is 220 g/mol. The average Bonchev–Trinajstić information content (AvgIpc) is 2.07. The highest BCUT2D eigenvalue weighted by Gasteiger charge is 2.06. The van der Waals surface area contributed by atoms with Gasteiger partial charge in [-0.3, -0.25) is 9.00 Å². The number of ketones is 1. The zero-order valence-electron chi connectivity index (χ0n) is 7.83. The minimum atomic E-state index is -1.15. The summed E-state index contributed by atoms with van der Waals surface area (Å²) in [5, 5.41) is 0.601. The highest BCUT2D eigenvalue weighted by Crippen LogP contribution is 2.16. The maximum Gasteiger partial charge on any atom is 0.142 e. The predicted molar refractivity (Wildman–Crippen MR) is 58.8 cm³/mol. The third kappa shape index (κ3) is 3.60. The van der Waals surface area contributed by atoms with Crippen LogP contribution in [0.2, 0.25) is 5.02 Å². The van der Waals surface area contributed by atoms with E-state index in [4.69, 9.17) is 11.6 Å². The number of halogens is 1. The second kappa shape index (κ2) is 5.27. The molecule has 0 fully saturated rings. The van der Waals surface area contributed by atoms with Gasteiger partial charge in [-0.2, -0.15) is 0 Å². The summed E-state index contributed by atoms with van der Waals surface area (Å²) < 4.78 is 11.4. The summed E-state index contributed by atoms with van der Waals surface area (Å²) in [5.74, 6) is 0.389. The molecule has 4 heteroatoms. The van der Waals surface area contributed by atoms with Crippen molar-refractivity contribution in [1.29, 1.82) is 0 Å². The van der Waals surface area contributed by atoms with Crippen LogP contribution in [0.1, 0.15) is 12.5 Å². The zero-order chi connectivity index (χ0) is 10.6. The molecule has 0 bridgehead atoms. The lowest BCUT2D eigenvalue weighted by Crippen LogP contribution is -2.08. The second-order valence-electron chi connectivity index (χ2n) is 3.02. The average molecular weight is 231 g/mol. The van der Waals surface area contributed by atoms with E-state index < -0.39 is 10.8 Å². The molecule has 0 aromatic heterocycles. The van der Waals surface area contributed by atoms with Crippen LogP contribution in [-0.2, 0) is 21.3 Å². The lowest BCUT2D eigenvalue weighted by Gasteiger charge is -2.02. The van der Waals surface area contributed by atoms with Crippen molar-refractivity contribution < 1.29 is 9.00 Å². The third-order valence-corrected chi connectivity index (χ3v) is 3.37. The van der Waals surface area contributed by atoms with Crippen LogP contribution in [0.3, 0.4) is 0 Å². The lowest BCUT2D eigenvalue weighted by atomic mass is 10.2. The van der Waals surface area contributed by atoms with Crippen molar-refractivity contribution in [3.05, 3.63) is 34.9 Å². The van der Waals surface area contributed by atoms with Gasteiger partial charge in [-0.25, -0.2) is 0 Å². The summed E-state index contributed by atoms with van der Waals surface area (Å²) in [7, 11) is -1.15. The highest BCUT2D eigenvalue weighted by molar-refractivity contribution is 7.84. The van der Waals surface area contributed by atoms with Crippen LogP contribution >= 0.6 is 11.6 Å². The fraction of sp³-hybridized carbons (Fsp3) is 0.300. The van der Waals surface area contributed by atoms with Crippen LogP contribution in [0.5, 0.6) is 0 Å². The number of carbonyl (C=O) groups excluding carboxylic acids is 1. The van der Waals surface area contributed by atoms with E-state index in [1.807, 2.05) is 18.2 Å². The van der Waals surface area contributed by atoms with Gasteiger partial charge in [-0.15, -0.1) is 0 Å². The van der Waals surface area contributed by atoms with E-state index in [1.54, 1.807) is 6.07 Å². The summed E-state index contributed by atoms with van der Waals surface area (Å²) in [6, 6.07) is 7.23. The van der Waals surface area contributed by atoms with Crippen LogP contribution < -0.4 is 0 Å². The van der Waals surface area contributed by atoms with Gasteiger partial charge in [-0.1, -0.05) is 29.8 Å². The van der Waals surface area contributed by atoms with E-state index in [1.165, 1.54) is 6.92 Å². The first-order valence-electron chi connectivity index (χ1n) is 4.17. The molecule has 14 heavy (non-hydrogen) atoms. The third-order valence-electron chi connectivity index (χ3n) is 1.64. The summed E-state index contributed by atoms with van der Waals surface area (Å²) in [4.78, 5) is 10.7. The number of hydrogen-bond acceptors (Lipinski definition) is 2. The molecule has 0 radical (unpaired) electrons. The Hall–Kier alpha value is -0.670. The van der Waals surface area contributed by atoms with Crippen molar-refractivity contribution >= 4 is 28.2 Å². The van der Waals surface area contributed by atoms with Crippen LogP contribution in [0.4, 0.5) is 0 Å². The maximum absolute atomic E-state index is 11.4. The highest BCUT2D eigenvalue weighted by atomic mass is 35.5. The monoisotopic (exact) mass is 230 g/mol. The minimum absolute atomic E-state index is 0.0598. The molecule has 1 atom stereocenters. The Morgan fingerprint density at radius 2 is 2.07 bits per heavy atom. The van der Waals surface area contributed by atoms with Crippen molar-refractivity contribution in [3.8, 4) is 0 Å². The molecule has 0 heterocycles. The van der Waals surface area contributed by atoms with Gasteiger partial charge >= 0.3 is 0 Å². The number of benzene rings is 1. The molecule has 1 rings (SSSR count). The Kier molecular flexibility index (Phi) is 4.29. The minimum Gasteiger partial charge on any atom is -0.299 e. The van der Waals surface area contributed by atoms with Crippen LogP contribution in [0.25, 0.3) is 0 Å². The Labute approximate surface area is 90.7 Å². The van der Waals surface area contributed by atoms with Crippen molar-refractivity contribution in [2.24, 2.45) is 0 Å². The molecule has 1 unspecified atom stereocenters. The normalized spacial score (nSPS) is 12.4. The SMILES string of the molecule is CC(=O)CS(=O)Cc1ccccc1Cl.